The molecule has 0 radical (unpaired) electrons. The molecule has 19 heavy (non-hydrogen) atoms. The first-order valence-electron chi connectivity index (χ1n) is 6.02. The second-order valence-corrected chi connectivity index (χ2v) is 4.67. The van der Waals surface area contributed by atoms with Gasteiger partial charge in [0.25, 0.3) is 0 Å². The number of halogens is 1. The predicted molar refractivity (Wildman–Crippen MR) is 78.6 cm³/mol. The third-order valence-electron chi connectivity index (χ3n) is 2.33. The van der Waals surface area contributed by atoms with E-state index in [9.17, 15) is 4.79 Å². The van der Waals surface area contributed by atoms with E-state index in [0.717, 1.165) is 10.0 Å². The van der Waals surface area contributed by atoms with Crippen LogP contribution in [-0.4, -0.2) is 12.6 Å². The van der Waals surface area contributed by atoms with Crippen LogP contribution >= 0.6 is 15.9 Å². The Hall–Kier alpha value is -1.55. The Bertz CT molecular complexity index is 454. The summed E-state index contributed by atoms with van der Waals surface area (Å²) in [5.41, 5.74) is 1.02. The number of esters is 1. The fourth-order valence-electron chi connectivity index (χ4n) is 1.51. The molecule has 0 saturated heterocycles. The molecule has 0 heterocycles. The highest BCUT2D eigenvalue weighted by Crippen LogP contribution is 2.24. The molecule has 1 rings (SSSR count). The Morgan fingerprint density at radius 1 is 1.53 bits per heavy atom. The third-order valence-corrected chi connectivity index (χ3v) is 2.83. The normalized spacial score (nSPS) is 12.1. The van der Waals surface area contributed by atoms with Crippen LogP contribution in [-0.2, 0) is 14.3 Å². The van der Waals surface area contributed by atoms with Crippen molar-refractivity contribution in [2.75, 3.05) is 6.61 Å². The fourth-order valence-corrected chi connectivity index (χ4v) is 1.93. The summed E-state index contributed by atoms with van der Waals surface area (Å²) >= 11 is 3.42. The van der Waals surface area contributed by atoms with Crippen molar-refractivity contribution in [1.29, 1.82) is 0 Å². The first-order valence-corrected chi connectivity index (χ1v) is 6.81. The maximum Gasteiger partial charge on any atom is 0.333 e. The zero-order chi connectivity index (χ0) is 14.1. The first-order chi connectivity index (χ1) is 9.17. The molecule has 0 amide bonds. The Morgan fingerprint density at radius 3 is 2.95 bits per heavy atom. The lowest BCUT2D eigenvalue weighted by Crippen LogP contribution is -2.02. The summed E-state index contributed by atoms with van der Waals surface area (Å²) in [6.07, 6.45) is 4.92. The molecule has 0 bridgehead atoms. The van der Waals surface area contributed by atoms with Crippen LogP contribution in [0.2, 0.25) is 0 Å². The Morgan fingerprint density at radius 2 is 2.32 bits per heavy atom. The molecule has 0 aromatic heterocycles. The van der Waals surface area contributed by atoms with Crippen molar-refractivity contribution >= 4 is 21.9 Å². The van der Waals surface area contributed by atoms with Crippen LogP contribution in [0.25, 0.3) is 0 Å². The Balaban J connectivity index is 2.68. The minimum absolute atomic E-state index is 0.166. The SMILES string of the molecule is C=CCC(O/C=C/C(=O)OCC)c1cccc(Br)c1. The topological polar surface area (TPSA) is 35.5 Å². The van der Waals surface area contributed by atoms with Gasteiger partial charge in [0.05, 0.1) is 18.9 Å². The lowest BCUT2D eigenvalue weighted by Gasteiger charge is -2.15. The summed E-state index contributed by atoms with van der Waals surface area (Å²) in [6.45, 7) is 5.82. The van der Waals surface area contributed by atoms with Crippen molar-refractivity contribution in [3.05, 3.63) is 59.3 Å². The molecule has 1 unspecified atom stereocenters. The first kappa shape index (κ1) is 15.5. The van der Waals surface area contributed by atoms with Crippen LogP contribution in [0.1, 0.15) is 25.0 Å². The van der Waals surface area contributed by atoms with Crippen LogP contribution in [0.3, 0.4) is 0 Å². The quantitative estimate of drug-likeness (QED) is 0.327. The van der Waals surface area contributed by atoms with E-state index in [1.54, 1.807) is 13.0 Å². The van der Waals surface area contributed by atoms with Crippen molar-refractivity contribution in [3.63, 3.8) is 0 Å². The van der Waals surface area contributed by atoms with Crippen LogP contribution < -0.4 is 0 Å². The maximum absolute atomic E-state index is 11.2. The van der Waals surface area contributed by atoms with Crippen LogP contribution in [0.15, 0.2) is 53.7 Å². The van der Waals surface area contributed by atoms with Gasteiger partial charge in [0.1, 0.15) is 6.10 Å². The van der Waals surface area contributed by atoms with E-state index >= 15 is 0 Å². The lowest BCUT2D eigenvalue weighted by molar-refractivity contribution is -0.137. The van der Waals surface area contributed by atoms with E-state index in [1.165, 1.54) is 12.3 Å². The molecule has 0 aliphatic carbocycles. The molecule has 0 aliphatic rings. The van der Waals surface area contributed by atoms with Gasteiger partial charge in [0.15, 0.2) is 0 Å². The van der Waals surface area contributed by atoms with E-state index in [-0.39, 0.29) is 6.10 Å². The Labute approximate surface area is 122 Å². The highest BCUT2D eigenvalue weighted by atomic mass is 79.9. The minimum Gasteiger partial charge on any atom is -0.493 e. The van der Waals surface area contributed by atoms with Gasteiger partial charge >= 0.3 is 5.97 Å². The standard InChI is InChI=1S/C15H17BrO3/c1-3-6-14(12-7-5-8-13(16)11-12)19-10-9-15(17)18-4-2/h3,5,7-11,14H,1,4,6H2,2H3/b10-9+. The number of rotatable bonds is 7. The van der Waals surface area contributed by atoms with Crippen LogP contribution in [0, 0.1) is 0 Å². The maximum atomic E-state index is 11.2. The highest BCUT2D eigenvalue weighted by molar-refractivity contribution is 9.10. The molecule has 1 aromatic rings. The number of benzene rings is 1. The molecule has 0 aliphatic heterocycles. The fraction of sp³-hybridized carbons (Fsp3) is 0.267. The average Bonchev–Trinajstić information content (AvgIpc) is 2.38. The smallest absolute Gasteiger partial charge is 0.333 e. The van der Waals surface area contributed by atoms with Gasteiger partial charge in [-0.05, 0) is 24.6 Å². The van der Waals surface area contributed by atoms with Gasteiger partial charge in [-0.3, -0.25) is 0 Å². The molecular formula is C15H17BrO3. The van der Waals surface area contributed by atoms with E-state index in [0.29, 0.717) is 13.0 Å². The second-order valence-electron chi connectivity index (χ2n) is 3.76. The summed E-state index contributed by atoms with van der Waals surface area (Å²) < 4.78 is 11.3. The molecule has 102 valence electrons. The van der Waals surface area contributed by atoms with Crippen LogP contribution in [0.4, 0.5) is 0 Å². The lowest BCUT2D eigenvalue weighted by atomic mass is 10.1. The molecular weight excluding hydrogens is 308 g/mol. The molecule has 0 saturated carbocycles. The molecule has 0 N–H and O–H groups in total. The average molecular weight is 325 g/mol. The minimum atomic E-state index is -0.408. The molecule has 3 nitrogen and oxygen atoms in total. The molecule has 1 aromatic carbocycles. The molecule has 4 heteroatoms. The summed E-state index contributed by atoms with van der Waals surface area (Å²) in [5.74, 6) is -0.408. The van der Waals surface area contributed by atoms with Crippen molar-refractivity contribution in [3.8, 4) is 0 Å². The number of hydrogen-bond donors (Lipinski definition) is 0. The van der Waals surface area contributed by atoms with Gasteiger partial charge in [-0.2, -0.15) is 0 Å². The summed E-state index contributed by atoms with van der Waals surface area (Å²) in [7, 11) is 0. The largest absolute Gasteiger partial charge is 0.493 e. The predicted octanol–water partition coefficient (Wildman–Crippen LogP) is 4.16. The monoisotopic (exact) mass is 324 g/mol. The van der Waals surface area contributed by atoms with Crippen molar-refractivity contribution < 1.29 is 14.3 Å². The zero-order valence-corrected chi connectivity index (χ0v) is 12.4. The van der Waals surface area contributed by atoms with Crippen molar-refractivity contribution in [2.45, 2.75) is 19.4 Å². The van der Waals surface area contributed by atoms with Gasteiger partial charge in [-0.25, -0.2) is 4.79 Å². The van der Waals surface area contributed by atoms with Crippen molar-refractivity contribution in [2.24, 2.45) is 0 Å². The van der Waals surface area contributed by atoms with Gasteiger partial charge in [-0.15, -0.1) is 6.58 Å². The van der Waals surface area contributed by atoms with E-state index < -0.39 is 5.97 Å². The summed E-state index contributed by atoms with van der Waals surface area (Å²) in [4.78, 5) is 11.2. The third kappa shape index (κ3) is 5.75. The number of ether oxygens (including phenoxy) is 2. The number of hydrogen-bond acceptors (Lipinski definition) is 3. The van der Waals surface area contributed by atoms with E-state index in [1.807, 2.05) is 24.3 Å². The van der Waals surface area contributed by atoms with Gasteiger partial charge in [0.2, 0.25) is 0 Å². The van der Waals surface area contributed by atoms with Gasteiger partial charge in [-0.1, -0.05) is 34.1 Å². The number of carbonyl (C=O) groups excluding carboxylic acids is 1. The van der Waals surface area contributed by atoms with Gasteiger partial charge < -0.3 is 9.47 Å². The summed E-state index contributed by atoms with van der Waals surface area (Å²) in [6, 6.07) is 7.83. The van der Waals surface area contributed by atoms with E-state index in [4.69, 9.17) is 9.47 Å². The van der Waals surface area contributed by atoms with Crippen molar-refractivity contribution in [1.82, 2.24) is 0 Å². The highest BCUT2D eigenvalue weighted by Gasteiger charge is 2.10. The van der Waals surface area contributed by atoms with Crippen LogP contribution in [0.5, 0.6) is 0 Å². The second kappa shape index (κ2) is 8.53. The zero-order valence-electron chi connectivity index (χ0n) is 10.8. The van der Waals surface area contributed by atoms with Gasteiger partial charge in [0, 0.05) is 10.9 Å². The molecule has 1 atom stereocenters. The molecule has 0 spiro atoms. The summed E-state index contributed by atoms with van der Waals surface area (Å²) in [5, 5.41) is 0. The number of carbonyl (C=O) groups is 1. The Kier molecular flexibility index (Phi) is 6.97. The van der Waals surface area contributed by atoms with E-state index in [2.05, 4.69) is 22.5 Å². The molecule has 0 fully saturated rings.